The van der Waals surface area contributed by atoms with Crippen molar-refractivity contribution >= 4 is 17.8 Å². The molecule has 1 amide bonds. The summed E-state index contributed by atoms with van der Waals surface area (Å²) in [6.45, 7) is 1.96. The lowest BCUT2D eigenvalue weighted by Gasteiger charge is -2.04. The molecule has 2 aromatic rings. The number of ether oxygens (including phenoxy) is 1. The third-order valence-electron chi connectivity index (χ3n) is 3.37. The van der Waals surface area contributed by atoms with E-state index < -0.39 is 0 Å². The number of aliphatic imine (C=N–C) groups is 1. The first-order valence-corrected chi connectivity index (χ1v) is 6.84. The smallest absolute Gasteiger partial charge is 0.275 e. The molecule has 0 saturated carbocycles. The van der Waals surface area contributed by atoms with Gasteiger partial charge in [0.1, 0.15) is 17.3 Å². The molecular formula is C17H15N3O2. The van der Waals surface area contributed by atoms with Gasteiger partial charge in [0, 0.05) is 18.0 Å². The molecule has 1 aliphatic rings. The number of aromatic nitrogens is 1. The van der Waals surface area contributed by atoms with Crippen molar-refractivity contribution in [3.63, 3.8) is 0 Å². The number of nitrogens with one attached hydrogen (secondary N) is 1. The van der Waals surface area contributed by atoms with Crippen LogP contribution in [0.2, 0.25) is 0 Å². The first-order chi connectivity index (χ1) is 10.7. The molecule has 22 heavy (non-hydrogen) atoms. The highest BCUT2D eigenvalue weighted by molar-refractivity contribution is 6.19. The average molecular weight is 293 g/mol. The third-order valence-corrected chi connectivity index (χ3v) is 3.37. The van der Waals surface area contributed by atoms with Gasteiger partial charge in [-0.3, -0.25) is 9.78 Å². The van der Waals surface area contributed by atoms with E-state index in [9.17, 15) is 4.79 Å². The molecule has 110 valence electrons. The number of pyridine rings is 1. The molecule has 0 fully saturated rings. The van der Waals surface area contributed by atoms with E-state index in [4.69, 9.17) is 4.74 Å². The van der Waals surface area contributed by atoms with Gasteiger partial charge in [0.05, 0.1) is 7.11 Å². The molecule has 0 bridgehead atoms. The summed E-state index contributed by atoms with van der Waals surface area (Å²) in [6, 6.07) is 9.34. The number of methoxy groups -OCH3 is 1. The number of carbonyl (C=O) groups is 1. The van der Waals surface area contributed by atoms with Gasteiger partial charge < -0.3 is 10.1 Å². The summed E-state index contributed by atoms with van der Waals surface area (Å²) in [5.41, 5.74) is 3.13. The number of benzene rings is 1. The second kappa shape index (κ2) is 5.81. The molecular weight excluding hydrogens is 278 g/mol. The number of amides is 1. The van der Waals surface area contributed by atoms with Crippen LogP contribution in [-0.2, 0) is 4.79 Å². The van der Waals surface area contributed by atoms with Gasteiger partial charge in [0.25, 0.3) is 5.91 Å². The second-order valence-electron chi connectivity index (χ2n) is 4.91. The molecule has 2 heterocycles. The van der Waals surface area contributed by atoms with Crippen LogP contribution in [0, 0.1) is 6.92 Å². The van der Waals surface area contributed by atoms with Crippen molar-refractivity contribution in [3.05, 3.63) is 65.1 Å². The monoisotopic (exact) mass is 293 g/mol. The zero-order valence-electron chi connectivity index (χ0n) is 12.3. The van der Waals surface area contributed by atoms with Crippen LogP contribution in [0.5, 0.6) is 5.75 Å². The molecule has 0 unspecified atom stereocenters. The lowest BCUT2D eigenvalue weighted by molar-refractivity contribution is -0.115. The number of carbonyl (C=O) groups excluding carboxylic acids is 1. The second-order valence-corrected chi connectivity index (χ2v) is 4.91. The number of nitrogens with zero attached hydrogens (tertiary/aromatic N) is 2. The predicted molar refractivity (Wildman–Crippen MR) is 84.6 cm³/mol. The first-order valence-electron chi connectivity index (χ1n) is 6.84. The van der Waals surface area contributed by atoms with Gasteiger partial charge in [0.15, 0.2) is 0 Å². The van der Waals surface area contributed by atoms with E-state index >= 15 is 0 Å². The van der Waals surface area contributed by atoms with Gasteiger partial charge in [-0.1, -0.05) is 6.07 Å². The first kappa shape index (κ1) is 14.0. The van der Waals surface area contributed by atoms with E-state index in [-0.39, 0.29) is 5.91 Å². The zero-order valence-corrected chi connectivity index (χ0v) is 12.3. The lowest BCUT2D eigenvalue weighted by atomic mass is 10.1. The van der Waals surface area contributed by atoms with Crippen LogP contribution in [0.25, 0.3) is 6.08 Å². The van der Waals surface area contributed by atoms with Crippen molar-refractivity contribution in [1.82, 2.24) is 10.3 Å². The van der Waals surface area contributed by atoms with Crippen LogP contribution in [0.15, 0.2) is 53.4 Å². The third kappa shape index (κ3) is 2.74. The molecule has 5 nitrogen and oxygen atoms in total. The van der Waals surface area contributed by atoms with Crippen LogP contribution < -0.4 is 10.1 Å². The van der Waals surface area contributed by atoms with Crippen LogP contribution in [0.4, 0.5) is 0 Å². The summed E-state index contributed by atoms with van der Waals surface area (Å²) >= 11 is 0. The normalized spacial score (nSPS) is 15.6. The molecule has 0 spiro atoms. The largest absolute Gasteiger partial charge is 0.496 e. The summed E-state index contributed by atoms with van der Waals surface area (Å²) in [5.74, 6) is 1.16. The summed E-state index contributed by atoms with van der Waals surface area (Å²) in [4.78, 5) is 20.4. The van der Waals surface area contributed by atoms with E-state index in [1.54, 1.807) is 37.7 Å². The Bertz CT molecular complexity index is 780. The minimum atomic E-state index is -0.208. The topological polar surface area (TPSA) is 63.6 Å². The summed E-state index contributed by atoms with van der Waals surface area (Å²) < 4.78 is 5.23. The zero-order chi connectivity index (χ0) is 15.5. The van der Waals surface area contributed by atoms with Crippen LogP contribution >= 0.6 is 0 Å². The van der Waals surface area contributed by atoms with Crippen LogP contribution in [0.3, 0.4) is 0 Å². The van der Waals surface area contributed by atoms with Gasteiger partial charge in [-0.25, -0.2) is 4.99 Å². The van der Waals surface area contributed by atoms with Gasteiger partial charge in [-0.05, 0) is 48.4 Å². The van der Waals surface area contributed by atoms with Crippen molar-refractivity contribution < 1.29 is 9.53 Å². The Morgan fingerprint density at radius 3 is 2.64 bits per heavy atom. The Labute approximate surface area is 128 Å². The standard InChI is InChI=1S/C17H15N3O2/c1-11-9-12(3-4-15(11)22-2)10-14-17(21)20-16(19-14)13-5-7-18-8-6-13/h3-10H,1-2H3,(H,19,20,21)/b14-10+. The molecule has 5 heteroatoms. The number of aryl methyl sites for hydroxylation is 1. The number of hydrogen-bond donors (Lipinski definition) is 1. The maximum absolute atomic E-state index is 12.0. The minimum Gasteiger partial charge on any atom is -0.496 e. The van der Waals surface area contributed by atoms with Crippen molar-refractivity contribution in [1.29, 1.82) is 0 Å². The molecule has 0 saturated heterocycles. The van der Waals surface area contributed by atoms with Crippen molar-refractivity contribution in [2.45, 2.75) is 6.92 Å². The molecule has 1 aromatic carbocycles. The van der Waals surface area contributed by atoms with E-state index in [0.29, 0.717) is 11.5 Å². The molecule has 1 aliphatic heterocycles. The number of hydrogen-bond acceptors (Lipinski definition) is 4. The van der Waals surface area contributed by atoms with Crippen LogP contribution in [0.1, 0.15) is 16.7 Å². The predicted octanol–water partition coefficient (Wildman–Crippen LogP) is 2.32. The molecule has 0 atom stereocenters. The quantitative estimate of drug-likeness (QED) is 0.883. The van der Waals surface area contributed by atoms with Gasteiger partial charge in [0.2, 0.25) is 0 Å². The summed E-state index contributed by atoms with van der Waals surface area (Å²) in [5, 5.41) is 2.77. The highest BCUT2D eigenvalue weighted by Gasteiger charge is 2.20. The Hall–Kier alpha value is -2.95. The van der Waals surface area contributed by atoms with Crippen molar-refractivity contribution in [2.24, 2.45) is 4.99 Å². The number of amidine groups is 1. The maximum atomic E-state index is 12.0. The lowest BCUT2D eigenvalue weighted by Crippen LogP contribution is -2.24. The SMILES string of the molecule is COc1ccc(/C=C2/N=C(c3ccncc3)NC2=O)cc1C. The molecule has 0 radical (unpaired) electrons. The van der Waals surface area contributed by atoms with Gasteiger partial charge >= 0.3 is 0 Å². The molecule has 3 rings (SSSR count). The van der Waals surface area contributed by atoms with E-state index in [2.05, 4.69) is 15.3 Å². The highest BCUT2D eigenvalue weighted by atomic mass is 16.5. The fourth-order valence-electron chi connectivity index (χ4n) is 2.26. The molecule has 0 aliphatic carbocycles. The van der Waals surface area contributed by atoms with E-state index in [1.807, 2.05) is 25.1 Å². The highest BCUT2D eigenvalue weighted by Crippen LogP contribution is 2.21. The summed E-state index contributed by atoms with van der Waals surface area (Å²) in [7, 11) is 1.64. The Balaban J connectivity index is 1.92. The molecule has 1 aromatic heterocycles. The Morgan fingerprint density at radius 1 is 1.18 bits per heavy atom. The Morgan fingerprint density at radius 2 is 1.95 bits per heavy atom. The Kier molecular flexibility index (Phi) is 3.70. The van der Waals surface area contributed by atoms with Crippen molar-refractivity contribution in [3.8, 4) is 5.75 Å². The van der Waals surface area contributed by atoms with Gasteiger partial charge in [-0.2, -0.15) is 0 Å². The fourth-order valence-corrected chi connectivity index (χ4v) is 2.26. The van der Waals surface area contributed by atoms with E-state index in [1.165, 1.54) is 0 Å². The fraction of sp³-hybridized carbons (Fsp3) is 0.118. The average Bonchev–Trinajstić information content (AvgIpc) is 2.89. The van der Waals surface area contributed by atoms with Crippen molar-refractivity contribution in [2.75, 3.05) is 7.11 Å². The maximum Gasteiger partial charge on any atom is 0.275 e. The van der Waals surface area contributed by atoms with Crippen LogP contribution in [-0.4, -0.2) is 23.8 Å². The summed E-state index contributed by atoms with van der Waals surface area (Å²) in [6.07, 6.45) is 5.09. The van der Waals surface area contributed by atoms with Gasteiger partial charge in [-0.15, -0.1) is 0 Å². The minimum absolute atomic E-state index is 0.208. The number of rotatable bonds is 3. The van der Waals surface area contributed by atoms with E-state index in [0.717, 1.165) is 22.4 Å². The molecule has 1 N–H and O–H groups in total.